The number of carbonyl (C=O) groups excluding carboxylic acids is 2. The maximum Gasteiger partial charge on any atom is 0.234 e. The van der Waals surface area contributed by atoms with E-state index in [0.29, 0.717) is 18.3 Å². The van der Waals surface area contributed by atoms with Gasteiger partial charge in [0.05, 0.1) is 5.92 Å². The molecule has 0 saturated carbocycles. The van der Waals surface area contributed by atoms with Gasteiger partial charge in [-0.3, -0.25) is 14.9 Å². The van der Waals surface area contributed by atoms with Crippen molar-refractivity contribution in [2.24, 2.45) is 5.41 Å². The van der Waals surface area contributed by atoms with Gasteiger partial charge in [0.1, 0.15) is 0 Å². The molecule has 112 valence electrons. The molecule has 0 spiro atoms. The van der Waals surface area contributed by atoms with Crippen LogP contribution in [0.3, 0.4) is 0 Å². The molecule has 0 aromatic heterocycles. The number of rotatable bonds is 3. The van der Waals surface area contributed by atoms with Gasteiger partial charge < -0.3 is 4.90 Å². The first-order valence-electron chi connectivity index (χ1n) is 7.69. The number of amides is 2. The lowest BCUT2D eigenvalue weighted by Crippen LogP contribution is -2.54. The number of nitrogens with zero attached hydrogens (tertiary/aromatic N) is 1. The Morgan fingerprint density at radius 3 is 2.48 bits per heavy atom. The Hall–Kier alpha value is -1.84. The molecule has 2 aliphatic rings. The van der Waals surface area contributed by atoms with Gasteiger partial charge in [-0.1, -0.05) is 26.0 Å². The zero-order valence-electron chi connectivity index (χ0n) is 12.7. The van der Waals surface area contributed by atoms with Crippen molar-refractivity contribution >= 4 is 17.5 Å². The fraction of sp³-hybridized carbons (Fsp3) is 0.529. The fourth-order valence-electron chi connectivity index (χ4n) is 3.21. The molecule has 2 fully saturated rings. The van der Waals surface area contributed by atoms with Crippen molar-refractivity contribution in [1.82, 2.24) is 5.32 Å². The molecule has 21 heavy (non-hydrogen) atoms. The molecule has 1 aromatic carbocycles. The summed E-state index contributed by atoms with van der Waals surface area (Å²) in [4.78, 5) is 25.4. The van der Waals surface area contributed by atoms with Crippen molar-refractivity contribution in [2.75, 3.05) is 18.0 Å². The summed E-state index contributed by atoms with van der Waals surface area (Å²) in [6, 6.07) is 8.23. The average molecular weight is 286 g/mol. The van der Waals surface area contributed by atoms with E-state index in [2.05, 4.69) is 36.2 Å². The molecule has 2 aliphatic heterocycles. The quantitative estimate of drug-likeness (QED) is 0.868. The summed E-state index contributed by atoms with van der Waals surface area (Å²) in [5, 5.41) is 2.42. The van der Waals surface area contributed by atoms with E-state index < -0.39 is 0 Å². The molecule has 2 saturated heterocycles. The van der Waals surface area contributed by atoms with Crippen LogP contribution in [-0.2, 0) is 9.59 Å². The molecule has 1 N–H and O–H groups in total. The summed E-state index contributed by atoms with van der Waals surface area (Å²) in [6.07, 6.45) is 2.25. The van der Waals surface area contributed by atoms with Gasteiger partial charge in [-0.05, 0) is 30.5 Å². The van der Waals surface area contributed by atoms with Crippen LogP contribution in [0.4, 0.5) is 5.69 Å². The Morgan fingerprint density at radius 2 is 1.90 bits per heavy atom. The zero-order valence-corrected chi connectivity index (χ0v) is 12.7. The van der Waals surface area contributed by atoms with Crippen LogP contribution in [0.25, 0.3) is 0 Å². The van der Waals surface area contributed by atoms with E-state index in [4.69, 9.17) is 0 Å². The van der Waals surface area contributed by atoms with E-state index >= 15 is 0 Å². The lowest BCUT2D eigenvalue weighted by atomic mass is 9.79. The average Bonchev–Trinajstić information content (AvgIpc) is 2.44. The maximum absolute atomic E-state index is 11.9. The van der Waals surface area contributed by atoms with E-state index in [1.807, 2.05) is 12.1 Å². The molecule has 1 unspecified atom stereocenters. The molecule has 1 aromatic rings. The van der Waals surface area contributed by atoms with Gasteiger partial charge in [0.15, 0.2) is 0 Å². The number of piperidine rings is 1. The van der Waals surface area contributed by atoms with E-state index in [9.17, 15) is 9.59 Å². The van der Waals surface area contributed by atoms with Gasteiger partial charge in [0, 0.05) is 30.6 Å². The number of hydrogen-bond acceptors (Lipinski definition) is 3. The monoisotopic (exact) mass is 286 g/mol. The van der Waals surface area contributed by atoms with Crippen LogP contribution < -0.4 is 10.2 Å². The minimum atomic E-state index is -0.186. The molecular formula is C17H22N2O2. The standard InChI is InChI=1S/C17H22N2O2/c1-3-17(2)10-19(11-17)13-6-4-12(5-7-13)14-8-9-15(20)18-16(14)21/h4-7,14H,3,8-11H2,1-2H3,(H,18,20,21). The highest BCUT2D eigenvalue weighted by Crippen LogP contribution is 2.37. The summed E-state index contributed by atoms with van der Waals surface area (Å²) in [7, 11) is 0. The Bertz CT molecular complexity index is 559. The molecule has 0 aliphatic carbocycles. The van der Waals surface area contributed by atoms with Gasteiger partial charge in [-0.15, -0.1) is 0 Å². The highest BCUT2D eigenvalue weighted by atomic mass is 16.2. The Morgan fingerprint density at radius 1 is 1.24 bits per heavy atom. The number of hydrogen-bond donors (Lipinski definition) is 1. The van der Waals surface area contributed by atoms with Crippen LogP contribution >= 0.6 is 0 Å². The van der Waals surface area contributed by atoms with Gasteiger partial charge in [0.25, 0.3) is 0 Å². The van der Waals surface area contributed by atoms with Crippen LogP contribution in [0.15, 0.2) is 24.3 Å². The Balaban J connectivity index is 1.68. The number of anilines is 1. The molecule has 4 heteroatoms. The number of imide groups is 1. The third-order valence-corrected chi connectivity index (χ3v) is 4.90. The van der Waals surface area contributed by atoms with Crippen molar-refractivity contribution in [1.29, 1.82) is 0 Å². The molecule has 2 heterocycles. The largest absolute Gasteiger partial charge is 0.370 e. The summed E-state index contributed by atoms with van der Waals surface area (Å²) in [5.74, 6) is -0.511. The van der Waals surface area contributed by atoms with Crippen molar-refractivity contribution in [3.05, 3.63) is 29.8 Å². The Kier molecular flexibility index (Phi) is 3.47. The minimum Gasteiger partial charge on any atom is -0.370 e. The molecule has 1 atom stereocenters. The molecule has 0 bridgehead atoms. The fourth-order valence-corrected chi connectivity index (χ4v) is 3.21. The highest BCUT2D eigenvalue weighted by molar-refractivity contribution is 6.00. The van der Waals surface area contributed by atoms with Gasteiger partial charge in [-0.25, -0.2) is 0 Å². The number of carbonyl (C=O) groups is 2. The molecule has 4 nitrogen and oxygen atoms in total. The maximum atomic E-state index is 11.9. The van der Waals surface area contributed by atoms with Crippen LogP contribution in [0.1, 0.15) is 44.6 Å². The number of benzene rings is 1. The summed E-state index contributed by atoms with van der Waals surface area (Å²) in [6.45, 7) is 6.76. The Labute approximate surface area is 125 Å². The second-order valence-corrected chi connectivity index (χ2v) is 6.62. The third-order valence-electron chi connectivity index (χ3n) is 4.90. The van der Waals surface area contributed by atoms with Gasteiger partial charge in [0.2, 0.25) is 11.8 Å². The first-order valence-corrected chi connectivity index (χ1v) is 7.69. The minimum absolute atomic E-state index is 0.160. The van der Waals surface area contributed by atoms with Gasteiger partial charge >= 0.3 is 0 Å². The normalized spacial score (nSPS) is 24.5. The SMILES string of the molecule is CCC1(C)CN(c2ccc(C3CCC(=O)NC3=O)cc2)C1. The van der Waals surface area contributed by atoms with Crippen LogP contribution in [0, 0.1) is 5.41 Å². The zero-order chi connectivity index (χ0) is 15.0. The van der Waals surface area contributed by atoms with Crippen molar-refractivity contribution < 1.29 is 9.59 Å². The lowest BCUT2D eigenvalue weighted by Gasteiger charge is -2.49. The summed E-state index contributed by atoms with van der Waals surface area (Å²) < 4.78 is 0. The predicted molar refractivity (Wildman–Crippen MR) is 82.2 cm³/mol. The predicted octanol–water partition coefficient (Wildman–Crippen LogP) is 2.44. The van der Waals surface area contributed by atoms with Crippen LogP contribution in [0.5, 0.6) is 0 Å². The van der Waals surface area contributed by atoms with Gasteiger partial charge in [-0.2, -0.15) is 0 Å². The van der Waals surface area contributed by atoms with Crippen LogP contribution in [0.2, 0.25) is 0 Å². The second kappa shape index (κ2) is 5.17. The van der Waals surface area contributed by atoms with Crippen molar-refractivity contribution in [3.63, 3.8) is 0 Å². The van der Waals surface area contributed by atoms with E-state index in [1.54, 1.807) is 0 Å². The summed E-state index contributed by atoms with van der Waals surface area (Å²) in [5.41, 5.74) is 2.67. The molecule has 2 amide bonds. The first-order chi connectivity index (χ1) is 10.0. The topological polar surface area (TPSA) is 49.4 Å². The molecule has 3 rings (SSSR count). The number of nitrogens with one attached hydrogen (secondary N) is 1. The smallest absolute Gasteiger partial charge is 0.234 e. The first kappa shape index (κ1) is 14.1. The summed E-state index contributed by atoms with van der Waals surface area (Å²) >= 11 is 0. The van der Waals surface area contributed by atoms with Crippen molar-refractivity contribution in [2.45, 2.75) is 39.0 Å². The lowest BCUT2D eigenvalue weighted by molar-refractivity contribution is -0.134. The highest BCUT2D eigenvalue weighted by Gasteiger charge is 2.37. The van der Waals surface area contributed by atoms with Crippen molar-refractivity contribution in [3.8, 4) is 0 Å². The van der Waals surface area contributed by atoms with E-state index in [0.717, 1.165) is 18.7 Å². The molecular weight excluding hydrogens is 264 g/mol. The second-order valence-electron chi connectivity index (χ2n) is 6.62. The third kappa shape index (κ3) is 2.67. The van der Waals surface area contributed by atoms with Crippen LogP contribution in [-0.4, -0.2) is 24.9 Å². The van der Waals surface area contributed by atoms with E-state index in [1.165, 1.54) is 12.1 Å². The molecule has 0 radical (unpaired) electrons. The van der Waals surface area contributed by atoms with E-state index in [-0.39, 0.29) is 17.7 Å².